The average Bonchev–Trinajstić information content (AvgIpc) is 2.68. The second-order valence-electron chi connectivity index (χ2n) is 2.66. The van der Waals surface area contributed by atoms with E-state index in [0.717, 1.165) is 5.56 Å². The second kappa shape index (κ2) is 5.06. The van der Waals surface area contributed by atoms with Gasteiger partial charge < -0.3 is 9.90 Å². The molecule has 0 spiro atoms. The van der Waals surface area contributed by atoms with Crippen LogP contribution in [0.3, 0.4) is 0 Å². The smallest absolute Gasteiger partial charge is 0.542 e. The van der Waals surface area contributed by atoms with E-state index in [-0.39, 0.29) is 35.4 Å². The van der Waals surface area contributed by atoms with Crippen LogP contribution in [0, 0.1) is 0 Å². The van der Waals surface area contributed by atoms with Crippen LogP contribution in [0.4, 0.5) is 0 Å². The zero-order valence-corrected chi connectivity index (χ0v) is 10.1. The molecule has 1 aromatic heterocycles. The number of nitrogens with zero attached hydrogens (tertiary/aromatic N) is 2. The number of hydrogen-bond acceptors (Lipinski definition) is 4. The standard InChI is InChI=1S/C9H7N3O2.Na/c13-9(14)8-10-7(11-12-8)6-4-2-1-3-5-6;/h1-5H,(H,13,14)(H,10,11,12);/q;+1/p-1. The maximum atomic E-state index is 10.4. The van der Waals surface area contributed by atoms with E-state index in [0.29, 0.717) is 5.82 Å². The van der Waals surface area contributed by atoms with E-state index in [1.54, 1.807) is 12.1 Å². The molecule has 2 aromatic rings. The zero-order chi connectivity index (χ0) is 9.97. The van der Waals surface area contributed by atoms with Gasteiger partial charge in [0, 0.05) is 5.56 Å². The molecule has 6 heteroatoms. The summed E-state index contributed by atoms with van der Waals surface area (Å²) in [5, 5.41) is 16.4. The first-order valence-corrected chi connectivity index (χ1v) is 3.96. The average molecular weight is 211 g/mol. The van der Waals surface area contributed by atoms with Gasteiger partial charge in [-0.15, -0.1) is 0 Å². The molecule has 0 radical (unpaired) electrons. The number of benzene rings is 1. The minimum Gasteiger partial charge on any atom is -0.542 e. The number of aromatic nitrogens is 3. The third kappa shape index (κ3) is 2.65. The number of aromatic amines is 1. The monoisotopic (exact) mass is 211 g/mol. The van der Waals surface area contributed by atoms with Crippen LogP contribution in [-0.4, -0.2) is 21.2 Å². The van der Waals surface area contributed by atoms with Crippen molar-refractivity contribution in [3.63, 3.8) is 0 Å². The van der Waals surface area contributed by atoms with Crippen LogP contribution in [-0.2, 0) is 0 Å². The van der Waals surface area contributed by atoms with E-state index in [2.05, 4.69) is 15.2 Å². The third-order valence-electron chi connectivity index (χ3n) is 1.71. The molecule has 70 valence electrons. The van der Waals surface area contributed by atoms with Crippen molar-refractivity contribution >= 4 is 5.97 Å². The Kier molecular flexibility index (Phi) is 4.02. The summed E-state index contributed by atoms with van der Waals surface area (Å²) in [6.45, 7) is 0. The number of H-pyrrole nitrogens is 1. The van der Waals surface area contributed by atoms with Crippen molar-refractivity contribution in [2.45, 2.75) is 0 Å². The molecule has 0 amide bonds. The molecular weight excluding hydrogens is 205 g/mol. The Labute approximate surface area is 108 Å². The molecule has 1 heterocycles. The molecule has 0 atom stereocenters. The van der Waals surface area contributed by atoms with E-state index in [9.17, 15) is 9.90 Å². The molecule has 1 aromatic carbocycles. The maximum absolute atomic E-state index is 10.4. The summed E-state index contributed by atoms with van der Waals surface area (Å²) in [5.74, 6) is -1.27. The molecule has 1 N–H and O–H groups in total. The quantitative estimate of drug-likeness (QED) is 0.531. The summed E-state index contributed by atoms with van der Waals surface area (Å²) in [6.07, 6.45) is 0. The molecule has 0 aliphatic carbocycles. The van der Waals surface area contributed by atoms with Crippen LogP contribution in [0.1, 0.15) is 10.6 Å². The molecule has 0 saturated heterocycles. The van der Waals surface area contributed by atoms with Gasteiger partial charge in [-0.2, -0.15) is 5.10 Å². The van der Waals surface area contributed by atoms with Crippen molar-refractivity contribution in [1.82, 2.24) is 15.2 Å². The first kappa shape index (κ1) is 11.9. The summed E-state index contributed by atoms with van der Waals surface area (Å²) in [4.78, 5) is 14.2. The first-order chi connectivity index (χ1) is 6.77. The minimum atomic E-state index is -1.36. The fourth-order valence-electron chi connectivity index (χ4n) is 1.07. The molecule has 0 aliphatic rings. The normalized spacial score (nSPS) is 9.33. The van der Waals surface area contributed by atoms with Crippen molar-refractivity contribution in [2.24, 2.45) is 0 Å². The number of rotatable bonds is 2. The fraction of sp³-hybridized carbons (Fsp3) is 0. The predicted octanol–water partition coefficient (Wildman–Crippen LogP) is -3.16. The number of carbonyl (C=O) groups is 1. The summed E-state index contributed by atoms with van der Waals surface area (Å²) in [6, 6.07) is 9.09. The molecule has 0 saturated carbocycles. The number of carboxylic acids is 1. The van der Waals surface area contributed by atoms with Gasteiger partial charge in [-0.05, 0) is 0 Å². The molecule has 0 fully saturated rings. The number of carboxylic acid groups (broad SMARTS) is 1. The maximum Gasteiger partial charge on any atom is 1.00 e. The minimum absolute atomic E-state index is 0. The number of hydrogen-bond donors (Lipinski definition) is 1. The molecule has 0 aliphatic heterocycles. The van der Waals surface area contributed by atoms with Crippen molar-refractivity contribution in [1.29, 1.82) is 0 Å². The van der Waals surface area contributed by atoms with Gasteiger partial charge in [-0.1, -0.05) is 30.3 Å². The van der Waals surface area contributed by atoms with E-state index in [1.807, 2.05) is 18.2 Å². The zero-order valence-electron chi connectivity index (χ0n) is 8.10. The fourth-order valence-corrected chi connectivity index (χ4v) is 1.07. The predicted molar refractivity (Wildman–Crippen MR) is 46.1 cm³/mol. The van der Waals surface area contributed by atoms with Gasteiger partial charge in [-0.25, -0.2) is 4.98 Å². The second-order valence-corrected chi connectivity index (χ2v) is 2.66. The Morgan fingerprint density at radius 3 is 2.47 bits per heavy atom. The van der Waals surface area contributed by atoms with Crippen molar-refractivity contribution in [2.75, 3.05) is 0 Å². The SMILES string of the molecule is O=C([O-])c1nc(-c2ccccc2)n[nH]1.[Na+]. The Morgan fingerprint density at radius 1 is 1.27 bits per heavy atom. The van der Waals surface area contributed by atoms with Crippen LogP contribution in [0.15, 0.2) is 30.3 Å². The Balaban J connectivity index is 0.00000112. The van der Waals surface area contributed by atoms with Crippen molar-refractivity contribution in [3.8, 4) is 11.4 Å². The molecule has 15 heavy (non-hydrogen) atoms. The van der Waals surface area contributed by atoms with Crippen molar-refractivity contribution in [3.05, 3.63) is 36.2 Å². The van der Waals surface area contributed by atoms with E-state index in [4.69, 9.17) is 0 Å². The van der Waals surface area contributed by atoms with Crippen LogP contribution < -0.4 is 34.7 Å². The van der Waals surface area contributed by atoms with E-state index < -0.39 is 5.97 Å². The van der Waals surface area contributed by atoms with Gasteiger partial charge in [0.2, 0.25) is 0 Å². The van der Waals surface area contributed by atoms with Gasteiger partial charge >= 0.3 is 29.6 Å². The molecule has 0 unspecified atom stereocenters. The molecule has 2 rings (SSSR count). The van der Waals surface area contributed by atoms with E-state index >= 15 is 0 Å². The Bertz CT molecular complexity index is 455. The molecular formula is C9H6N3NaO2. The van der Waals surface area contributed by atoms with Gasteiger partial charge in [0.1, 0.15) is 5.97 Å². The topological polar surface area (TPSA) is 81.7 Å². The number of nitrogens with one attached hydrogen (secondary N) is 1. The third-order valence-corrected chi connectivity index (χ3v) is 1.71. The van der Waals surface area contributed by atoms with Gasteiger partial charge in [0.05, 0.1) is 0 Å². The summed E-state index contributed by atoms with van der Waals surface area (Å²) in [7, 11) is 0. The van der Waals surface area contributed by atoms with Gasteiger partial charge in [0.25, 0.3) is 0 Å². The van der Waals surface area contributed by atoms with Crippen molar-refractivity contribution < 1.29 is 39.5 Å². The Morgan fingerprint density at radius 2 is 1.93 bits per heavy atom. The molecule has 5 nitrogen and oxygen atoms in total. The summed E-state index contributed by atoms with van der Waals surface area (Å²) >= 11 is 0. The largest absolute Gasteiger partial charge is 1.00 e. The summed E-state index contributed by atoms with van der Waals surface area (Å²) in [5.41, 5.74) is 0.760. The number of aromatic carboxylic acids is 1. The van der Waals surface area contributed by atoms with Gasteiger partial charge in [0.15, 0.2) is 11.6 Å². The summed E-state index contributed by atoms with van der Waals surface area (Å²) < 4.78 is 0. The van der Waals surface area contributed by atoms with E-state index in [1.165, 1.54) is 0 Å². The van der Waals surface area contributed by atoms with Crippen LogP contribution >= 0.6 is 0 Å². The first-order valence-electron chi connectivity index (χ1n) is 3.96. The molecule has 0 bridgehead atoms. The van der Waals surface area contributed by atoms with Crippen LogP contribution in [0.5, 0.6) is 0 Å². The van der Waals surface area contributed by atoms with Gasteiger partial charge in [-0.3, -0.25) is 5.10 Å². The van der Waals surface area contributed by atoms with Crippen LogP contribution in [0.2, 0.25) is 0 Å². The Hall–Kier alpha value is -1.17. The number of carbonyl (C=O) groups excluding carboxylic acids is 1. The van der Waals surface area contributed by atoms with Crippen LogP contribution in [0.25, 0.3) is 11.4 Å².